The van der Waals surface area contributed by atoms with Crippen LogP contribution < -0.4 is 9.47 Å². The fourth-order valence-electron chi connectivity index (χ4n) is 2.28. The zero-order valence-corrected chi connectivity index (χ0v) is 13.7. The summed E-state index contributed by atoms with van der Waals surface area (Å²) in [5, 5.41) is 17.6. The van der Waals surface area contributed by atoms with Gasteiger partial charge in [-0.3, -0.25) is 9.59 Å². The number of ether oxygens (including phenoxy) is 2. The topological polar surface area (TPSA) is 93.1 Å². The van der Waals surface area contributed by atoms with Crippen molar-refractivity contribution in [3.63, 3.8) is 0 Å². The molecule has 2 aromatic rings. The van der Waals surface area contributed by atoms with Crippen LogP contribution in [0.1, 0.15) is 17.5 Å². The Morgan fingerprint density at radius 2 is 1.20 bits per heavy atom. The zero-order chi connectivity index (χ0) is 18.1. The molecule has 0 aliphatic heterocycles. The third-order valence-electron chi connectivity index (χ3n) is 3.33. The molecule has 0 heterocycles. The van der Waals surface area contributed by atoms with Crippen molar-refractivity contribution < 1.29 is 29.3 Å². The summed E-state index contributed by atoms with van der Waals surface area (Å²) in [5.41, 5.74) is 1.38. The highest BCUT2D eigenvalue weighted by Gasteiger charge is 2.03. The molecule has 2 aromatic carbocycles. The minimum atomic E-state index is -0.879. The molecular weight excluding hydrogens is 324 g/mol. The highest BCUT2D eigenvalue weighted by Crippen LogP contribution is 2.16. The molecule has 0 amide bonds. The largest absolute Gasteiger partial charge is 0.493 e. The number of carboxylic acid groups (broad SMARTS) is 2. The molecule has 132 valence electrons. The van der Waals surface area contributed by atoms with Gasteiger partial charge in [0, 0.05) is 6.42 Å². The summed E-state index contributed by atoms with van der Waals surface area (Å²) in [6, 6.07) is 14.0. The van der Waals surface area contributed by atoms with Crippen LogP contribution >= 0.6 is 0 Å². The van der Waals surface area contributed by atoms with Gasteiger partial charge in [-0.1, -0.05) is 24.3 Å². The van der Waals surface area contributed by atoms with E-state index in [0.717, 1.165) is 0 Å². The Morgan fingerprint density at radius 3 is 1.60 bits per heavy atom. The van der Waals surface area contributed by atoms with Gasteiger partial charge < -0.3 is 19.7 Å². The maximum Gasteiger partial charge on any atom is 0.307 e. The van der Waals surface area contributed by atoms with Crippen molar-refractivity contribution in [2.24, 2.45) is 0 Å². The summed E-state index contributed by atoms with van der Waals surface area (Å²) in [7, 11) is 0. The average molecular weight is 344 g/mol. The predicted octanol–water partition coefficient (Wildman–Crippen LogP) is 2.79. The molecular formula is C19H20O6. The molecule has 0 unspecified atom stereocenters. The molecule has 6 heteroatoms. The molecule has 0 spiro atoms. The van der Waals surface area contributed by atoms with Crippen LogP contribution in [-0.2, 0) is 22.4 Å². The summed E-state index contributed by atoms with van der Waals surface area (Å²) in [5.74, 6) is -0.504. The lowest BCUT2D eigenvalue weighted by molar-refractivity contribution is -0.137. The van der Waals surface area contributed by atoms with Crippen LogP contribution in [0.15, 0.2) is 48.5 Å². The summed E-state index contributed by atoms with van der Waals surface area (Å²) in [6.45, 7) is 0.872. The minimum Gasteiger partial charge on any atom is -0.493 e. The standard InChI is InChI=1S/C19H20O6/c20-18(21)12-14-4-1-6-16(10-14)24-8-3-9-25-17-7-2-5-15(11-17)13-19(22)23/h1-2,4-7,10-11H,3,8-9,12-13H2,(H,20,21)(H,22,23). The first-order valence-corrected chi connectivity index (χ1v) is 7.90. The molecule has 0 aliphatic carbocycles. The van der Waals surface area contributed by atoms with Gasteiger partial charge in [0.2, 0.25) is 0 Å². The van der Waals surface area contributed by atoms with Crippen LogP contribution in [0.4, 0.5) is 0 Å². The summed E-state index contributed by atoms with van der Waals surface area (Å²) < 4.78 is 11.2. The van der Waals surface area contributed by atoms with Gasteiger partial charge in [0.15, 0.2) is 0 Å². The van der Waals surface area contributed by atoms with E-state index in [2.05, 4.69) is 0 Å². The first-order chi connectivity index (χ1) is 12.0. The Bertz CT molecular complexity index is 664. The monoisotopic (exact) mass is 344 g/mol. The fourth-order valence-corrected chi connectivity index (χ4v) is 2.28. The highest BCUT2D eigenvalue weighted by molar-refractivity contribution is 5.70. The van der Waals surface area contributed by atoms with E-state index in [-0.39, 0.29) is 12.8 Å². The minimum absolute atomic E-state index is 0.0347. The van der Waals surface area contributed by atoms with E-state index in [0.29, 0.717) is 42.3 Å². The maximum atomic E-state index is 10.7. The Kier molecular flexibility index (Phi) is 6.83. The third-order valence-corrected chi connectivity index (χ3v) is 3.33. The van der Waals surface area contributed by atoms with Gasteiger partial charge in [-0.15, -0.1) is 0 Å². The van der Waals surface area contributed by atoms with Crippen molar-refractivity contribution in [1.82, 2.24) is 0 Å². The van der Waals surface area contributed by atoms with Gasteiger partial charge in [-0.05, 0) is 35.4 Å². The highest BCUT2D eigenvalue weighted by atomic mass is 16.5. The van der Waals surface area contributed by atoms with Crippen molar-refractivity contribution in [2.45, 2.75) is 19.3 Å². The predicted molar refractivity (Wildman–Crippen MR) is 91.2 cm³/mol. The quantitative estimate of drug-likeness (QED) is 0.644. The molecule has 0 radical (unpaired) electrons. The molecule has 0 bridgehead atoms. The number of rotatable bonds is 10. The van der Waals surface area contributed by atoms with E-state index in [4.69, 9.17) is 19.7 Å². The van der Waals surface area contributed by atoms with Crippen LogP contribution in [-0.4, -0.2) is 35.4 Å². The Hall–Kier alpha value is -3.02. The third kappa shape index (κ3) is 6.95. The second-order valence-corrected chi connectivity index (χ2v) is 5.49. The second kappa shape index (κ2) is 9.32. The molecule has 0 aromatic heterocycles. The maximum absolute atomic E-state index is 10.7. The van der Waals surface area contributed by atoms with Crippen LogP contribution in [0, 0.1) is 0 Å². The van der Waals surface area contributed by atoms with E-state index in [9.17, 15) is 9.59 Å². The summed E-state index contributed by atoms with van der Waals surface area (Å²) in [4.78, 5) is 21.4. The average Bonchev–Trinajstić information content (AvgIpc) is 2.54. The van der Waals surface area contributed by atoms with Crippen molar-refractivity contribution >= 4 is 11.9 Å². The lowest BCUT2D eigenvalue weighted by Crippen LogP contribution is -2.06. The normalized spacial score (nSPS) is 10.2. The van der Waals surface area contributed by atoms with Crippen molar-refractivity contribution in [2.75, 3.05) is 13.2 Å². The molecule has 0 aliphatic rings. The van der Waals surface area contributed by atoms with Crippen molar-refractivity contribution in [1.29, 1.82) is 0 Å². The fraction of sp³-hybridized carbons (Fsp3) is 0.263. The van der Waals surface area contributed by atoms with Gasteiger partial charge in [0.05, 0.1) is 26.1 Å². The SMILES string of the molecule is O=C(O)Cc1cccc(OCCCOc2cccc(CC(=O)O)c2)c1. The smallest absolute Gasteiger partial charge is 0.307 e. The number of aliphatic carboxylic acids is 2. The van der Waals surface area contributed by atoms with Gasteiger partial charge in [-0.2, -0.15) is 0 Å². The number of hydrogen-bond acceptors (Lipinski definition) is 4. The van der Waals surface area contributed by atoms with Crippen molar-refractivity contribution in [3.05, 3.63) is 59.7 Å². The van der Waals surface area contributed by atoms with E-state index in [1.165, 1.54) is 0 Å². The van der Waals surface area contributed by atoms with E-state index in [1.807, 2.05) is 0 Å². The summed E-state index contributed by atoms with van der Waals surface area (Å²) in [6.07, 6.45) is 0.576. The molecule has 0 atom stereocenters. The molecule has 0 saturated carbocycles. The van der Waals surface area contributed by atoms with E-state index in [1.54, 1.807) is 48.5 Å². The number of carbonyl (C=O) groups is 2. The van der Waals surface area contributed by atoms with E-state index >= 15 is 0 Å². The van der Waals surface area contributed by atoms with Gasteiger partial charge in [-0.25, -0.2) is 0 Å². The zero-order valence-electron chi connectivity index (χ0n) is 13.7. The van der Waals surface area contributed by atoms with Gasteiger partial charge >= 0.3 is 11.9 Å². The first-order valence-electron chi connectivity index (χ1n) is 7.90. The molecule has 25 heavy (non-hydrogen) atoms. The number of carboxylic acids is 2. The van der Waals surface area contributed by atoms with Crippen LogP contribution in [0.5, 0.6) is 11.5 Å². The van der Waals surface area contributed by atoms with Crippen LogP contribution in [0.25, 0.3) is 0 Å². The first kappa shape index (κ1) is 18.3. The Morgan fingerprint density at radius 1 is 0.760 bits per heavy atom. The molecule has 6 nitrogen and oxygen atoms in total. The second-order valence-electron chi connectivity index (χ2n) is 5.49. The van der Waals surface area contributed by atoms with Gasteiger partial charge in [0.1, 0.15) is 11.5 Å². The Balaban J connectivity index is 1.73. The number of benzene rings is 2. The van der Waals surface area contributed by atoms with E-state index < -0.39 is 11.9 Å². The van der Waals surface area contributed by atoms with Crippen LogP contribution in [0.3, 0.4) is 0 Å². The molecule has 0 fully saturated rings. The van der Waals surface area contributed by atoms with Crippen molar-refractivity contribution in [3.8, 4) is 11.5 Å². The molecule has 2 N–H and O–H groups in total. The lowest BCUT2D eigenvalue weighted by atomic mass is 10.1. The lowest BCUT2D eigenvalue weighted by Gasteiger charge is -2.09. The number of hydrogen-bond donors (Lipinski definition) is 2. The Labute approximate surface area is 145 Å². The molecule has 2 rings (SSSR count). The summed E-state index contributed by atoms with van der Waals surface area (Å²) >= 11 is 0. The molecule has 0 saturated heterocycles. The van der Waals surface area contributed by atoms with Gasteiger partial charge in [0.25, 0.3) is 0 Å². The van der Waals surface area contributed by atoms with Crippen LogP contribution in [0.2, 0.25) is 0 Å².